The van der Waals surface area contributed by atoms with E-state index in [2.05, 4.69) is 13.0 Å². The fraction of sp³-hybridized carbons (Fsp3) is 0.571. The van der Waals surface area contributed by atoms with Gasteiger partial charge in [-0.25, -0.2) is 0 Å². The van der Waals surface area contributed by atoms with Crippen LogP contribution >= 0.6 is 11.6 Å². The van der Waals surface area contributed by atoms with Crippen LogP contribution in [0.5, 0.6) is 0 Å². The average Bonchev–Trinajstić information content (AvgIpc) is 2.68. The lowest BCUT2D eigenvalue weighted by molar-refractivity contribution is 0.415. The molecule has 0 amide bonds. The monoisotopic (exact) mass is 237 g/mol. The molecule has 0 spiro atoms. The van der Waals surface area contributed by atoms with E-state index >= 15 is 0 Å². The van der Waals surface area contributed by atoms with E-state index in [1.807, 2.05) is 18.2 Å². The molecule has 1 aromatic carbocycles. The van der Waals surface area contributed by atoms with Gasteiger partial charge in [0, 0.05) is 11.1 Å². The van der Waals surface area contributed by atoms with E-state index in [0.717, 1.165) is 17.4 Å². The molecule has 1 aliphatic carbocycles. The highest BCUT2D eigenvalue weighted by molar-refractivity contribution is 6.31. The van der Waals surface area contributed by atoms with Gasteiger partial charge in [-0.1, -0.05) is 43.1 Å². The first-order chi connectivity index (χ1) is 7.66. The van der Waals surface area contributed by atoms with Crippen molar-refractivity contribution in [3.8, 4) is 0 Å². The molecule has 1 saturated carbocycles. The van der Waals surface area contributed by atoms with Gasteiger partial charge in [0.25, 0.3) is 0 Å². The van der Waals surface area contributed by atoms with Gasteiger partial charge in [0.15, 0.2) is 0 Å². The van der Waals surface area contributed by atoms with Crippen LogP contribution in [0.3, 0.4) is 0 Å². The lowest BCUT2D eigenvalue weighted by Gasteiger charge is -2.19. The number of halogens is 1. The molecule has 0 bridgehead atoms. The first-order valence-corrected chi connectivity index (χ1v) is 6.53. The van der Waals surface area contributed by atoms with Crippen molar-refractivity contribution in [2.75, 3.05) is 0 Å². The SMILES string of the molecule is CC1CCC(C(N)Cc2ccccc2Cl)C1. The molecule has 0 saturated heterocycles. The Balaban J connectivity index is 1.97. The van der Waals surface area contributed by atoms with E-state index in [1.54, 1.807) is 0 Å². The summed E-state index contributed by atoms with van der Waals surface area (Å²) in [4.78, 5) is 0. The molecule has 0 heterocycles. The van der Waals surface area contributed by atoms with E-state index in [1.165, 1.54) is 24.8 Å². The predicted octanol–water partition coefficient (Wildman–Crippen LogP) is 3.65. The molecule has 1 aliphatic rings. The van der Waals surface area contributed by atoms with Crippen LogP contribution < -0.4 is 5.73 Å². The molecule has 3 unspecified atom stereocenters. The van der Waals surface area contributed by atoms with Crippen molar-refractivity contribution in [3.05, 3.63) is 34.9 Å². The molecule has 88 valence electrons. The zero-order valence-electron chi connectivity index (χ0n) is 9.83. The third-order valence-electron chi connectivity index (χ3n) is 3.75. The van der Waals surface area contributed by atoms with Gasteiger partial charge in [-0.3, -0.25) is 0 Å². The smallest absolute Gasteiger partial charge is 0.0438 e. The van der Waals surface area contributed by atoms with Gasteiger partial charge in [0.1, 0.15) is 0 Å². The first kappa shape index (κ1) is 11.9. The third kappa shape index (κ3) is 2.78. The van der Waals surface area contributed by atoms with E-state index in [0.29, 0.717) is 5.92 Å². The minimum Gasteiger partial charge on any atom is -0.327 e. The minimum atomic E-state index is 0.268. The number of rotatable bonds is 3. The summed E-state index contributed by atoms with van der Waals surface area (Å²) in [5.74, 6) is 1.54. The highest BCUT2D eigenvalue weighted by atomic mass is 35.5. The predicted molar refractivity (Wildman–Crippen MR) is 69.6 cm³/mol. The lowest BCUT2D eigenvalue weighted by Crippen LogP contribution is -2.31. The molecular formula is C14H20ClN. The highest BCUT2D eigenvalue weighted by Gasteiger charge is 2.26. The van der Waals surface area contributed by atoms with Gasteiger partial charge in [-0.15, -0.1) is 0 Å². The van der Waals surface area contributed by atoms with Gasteiger partial charge in [-0.2, -0.15) is 0 Å². The van der Waals surface area contributed by atoms with Gasteiger partial charge in [0.05, 0.1) is 0 Å². The molecule has 2 N–H and O–H groups in total. The normalized spacial score (nSPS) is 26.9. The van der Waals surface area contributed by atoms with E-state index < -0.39 is 0 Å². The van der Waals surface area contributed by atoms with Gasteiger partial charge >= 0.3 is 0 Å². The number of benzene rings is 1. The van der Waals surface area contributed by atoms with Crippen molar-refractivity contribution < 1.29 is 0 Å². The Hall–Kier alpha value is -0.530. The lowest BCUT2D eigenvalue weighted by atomic mass is 9.92. The Labute approximate surface area is 103 Å². The Morgan fingerprint density at radius 3 is 2.75 bits per heavy atom. The molecule has 2 rings (SSSR count). The molecule has 1 aromatic rings. The molecule has 0 aromatic heterocycles. The van der Waals surface area contributed by atoms with Crippen molar-refractivity contribution in [1.82, 2.24) is 0 Å². The molecule has 1 fully saturated rings. The second kappa shape index (κ2) is 5.20. The van der Waals surface area contributed by atoms with Crippen LogP contribution in [-0.2, 0) is 6.42 Å². The summed E-state index contributed by atoms with van der Waals surface area (Å²) in [6.45, 7) is 2.32. The zero-order valence-corrected chi connectivity index (χ0v) is 10.6. The highest BCUT2D eigenvalue weighted by Crippen LogP contribution is 2.33. The molecule has 1 nitrogen and oxygen atoms in total. The van der Waals surface area contributed by atoms with E-state index in [9.17, 15) is 0 Å². The summed E-state index contributed by atoms with van der Waals surface area (Å²) in [5.41, 5.74) is 7.47. The number of hydrogen-bond donors (Lipinski definition) is 1. The quantitative estimate of drug-likeness (QED) is 0.854. The van der Waals surface area contributed by atoms with Crippen LogP contribution in [0.25, 0.3) is 0 Å². The number of nitrogens with two attached hydrogens (primary N) is 1. The van der Waals surface area contributed by atoms with Gasteiger partial charge < -0.3 is 5.73 Å². The second-order valence-corrected chi connectivity index (χ2v) is 5.54. The summed E-state index contributed by atoms with van der Waals surface area (Å²) in [6, 6.07) is 8.30. The molecule has 16 heavy (non-hydrogen) atoms. The van der Waals surface area contributed by atoms with Crippen LogP contribution in [0.4, 0.5) is 0 Å². The molecule has 0 radical (unpaired) electrons. The summed E-state index contributed by atoms with van der Waals surface area (Å²) >= 11 is 6.15. The van der Waals surface area contributed by atoms with Crippen molar-refractivity contribution in [3.63, 3.8) is 0 Å². The topological polar surface area (TPSA) is 26.0 Å². The van der Waals surface area contributed by atoms with Crippen molar-refractivity contribution >= 4 is 11.6 Å². The van der Waals surface area contributed by atoms with Crippen molar-refractivity contribution in [2.45, 2.75) is 38.6 Å². The molecule has 2 heteroatoms. The van der Waals surface area contributed by atoms with Crippen LogP contribution in [0, 0.1) is 11.8 Å². The maximum Gasteiger partial charge on any atom is 0.0438 e. The Morgan fingerprint density at radius 1 is 1.38 bits per heavy atom. The van der Waals surface area contributed by atoms with Crippen LogP contribution in [0.1, 0.15) is 31.7 Å². The zero-order chi connectivity index (χ0) is 11.5. The largest absolute Gasteiger partial charge is 0.327 e. The number of hydrogen-bond acceptors (Lipinski definition) is 1. The van der Waals surface area contributed by atoms with E-state index in [-0.39, 0.29) is 6.04 Å². The maximum absolute atomic E-state index is 6.28. The maximum atomic E-state index is 6.28. The summed E-state index contributed by atoms with van der Waals surface area (Å²) in [7, 11) is 0. The van der Waals surface area contributed by atoms with Gasteiger partial charge in [-0.05, 0) is 42.7 Å². The summed E-state index contributed by atoms with van der Waals surface area (Å²) in [6.07, 6.45) is 4.82. The van der Waals surface area contributed by atoms with E-state index in [4.69, 9.17) is 17.3 Å². The average molecular weight is 238 g/mol. The molecular weight excluding hydrogens is 218 g/mol. The first-order valence-electron chi connectivity index (χ1n) is 6.16. The fourth-order valence-electron chi connectivity index (χ4n) is 2.72. The Morgan fingerprint density at radius 2 is 2.12 bits per heavy atom. The third-order valence-corrected chi connectivity index (χ3v) is 4.12. The standard InChI is InChI=1S/C14H20ClN/c1-10-6-7-12(8-10)14(16)9-11-4-2-3-5-13(11)15/h2-5,10,12,14H,6-9,16H2,1H3. The molecule has 3 atom stereocenters. The van der Waals surface area contributed by atoms with Gasteiger partial charge in [0.2, 0.25) is 0 Å². The van der Waals surface area contributed by atoms with Crippen LogP contribution in [0.2, 0.25) is 5.02 Å². The van der Waals surface area contributed by atoms with Crippen LogP contribution in [0.15, 0.2) is 24.3 Å². The minimum absolute atomic E-state index is 0.268. The second-order valence-electron chi connectivity index (χ2n) is 5.14. The summed E-state index contributed by atoms with van der Waals surface area (Å²) < 4.78 is 0. The van der Waals surface area contributed by atoms with Crippen LogP contribution in [-0.4, -0.2) is 6.04 Å². The Kier molecular flexibility index (Phi) is 3.88. The summed E-state index contributed by atoms with van der Waals surface area (Å²) in [5, 5.41) is 0.851. The Bertz CT molecular complexity index is 350. The van der Waals surface area contributed by atoms with Crippen molar-refractivity contribution in [1.29, 1.82) is 0 Å². The fourth-order valence-corrected chi connectivity index (χ4v) is 2.94. The molecule has 0 aliphatic heterocycles. The van der Waals surface area contributed by atoms with Crippen molar-refractivity contribution in [2.24, 2.45) is 17.6 Å².